The van der Waals surface area contributed by atoms with Gasteiger partial charge in [-0.2, -0.15) is 0 Å². The molecule has 1 aliphatic carbocycles. The summed E-state index contributed by atoms with van der Waals surface area (Å²) in [5.41, 5.74) is 6.63. The lowest BCUT2D eigenvalue weighted by molar-refractivity contribution is 0.361. The third-order valence-electron chi connectivity index (χ3n) is 3.72. The van der Waals surface area contributed by atoms with Crippen LogP contribution in [0.3, 0.4) is 0 Å². The first-order valence-electron chi connectivity index (χ1n) is 7.01. The summed E-state index contributed by atoms with van der Waals surface area (Å²) in [7, 11) is 2.09. The first kappa shape index (κ1) is 13.3. The van der Waals surface area contributed by atoms with E-state index in [0.717, 1.165) is 30.4 Å². The minimum atomic E-state index is 0.653. The van der Waals surface area contributed by atoms with Gasteiger partial charge < -0.3 is 10.6 Å². The highest BCUT2D eigenvalue weighted by molar-refractivity contribution is 5.28. The maximum absolute atomic E-state index is 5.52. The van der Waals surface area contributed by atoms with Gasteiger partial charge in [0.1, 0.15) is 0 Å². The molecule has 2 rings (SSSR count). The van der Waals surface area contributed by atoms with E-state index >= 15 is 0 Å². The highest BCUT2D eigenvalue weighted by Crippen LogP contribution is 2.24. The lowest BCUT2D eigenvalue weighted by Crippen LogP contribution is -2.28. The van der Waals surface area contributed by atoms with Crippen molar-refractivity contribution in [1.29, 1.82) is 0 Å². The van der Waals surface area contributed by atoms with Crippen LogP contribution in [0.1, 0.15) is 37.7 Å². The molecule has 4 nitrogen and oxygen atoms in total. The summed E-state index contributed by atoms with van der Waals surface area (Å²) >= 11 is 0. The maximum atomic E-state index is 5.52. The van der Waals surface area contributed by atoms with Crippen molar-refractivity contribution in [2.24, 2.45) is 11.7 Å². The van der Waals surface area contributed by atoms with Gasteiger partial charge in [-0.25, -0.2) is 9.97 Å². The van der Waals surface area contributed by atoms with Crippen molar-refractivity contribution in [3.8, 4) is 0 Å². The van der Waals surface area contributed by atoms with Crippen LogP contribution in [-0.4, -0.2) is 30.1 Å². The van der Waals surface area contributed by atoms with Crippen LogP contribution in [0, 0.1) is 5.92 Å². The second-order valence-electron chi connectivity index (χ2n) is 5.31. The van der Waals surface area contributed by atoms with Gasteiger partial charge in [0.15, 0.2) is 0 Å². The van der Waals surface area contributed by atoms with Gasteiger partial charge in [0.25, 0.3) is 0 Å². The Morgan fingerprint density at radius 3 is 2.50 bits per heavy atom. The van der Waals surface area contributed by atoms with E-state index in [-0.39, 0.29) is 0 Å². The Morgan fingerprint density at radius 1 is 1.22 bits per heavy atom. The minimum Gasteiger partial charge on any atom is -0.344 e. The average Bonchev–Trinajstić information content (AvgIpc) is 2.41. The molecule has 0 saturated heterocycles. The van der Waals surface area contributed by atoms with Crippen LogP contribution in [-0.2, 0) is 6.42 Å². The first-order valence-corrected chi connectivity index (χ1v) is 7.01. The summed E-state index contributed by atoms with van der Waals surface area (Å²) in [6.45, 7) is 1.73. The molecule has 2 N–H and O–H groups in total. The van der Waals surface area contributed by atoms with Gasteiger partial charge in [-0.3, -0.25) is 0 Å². The lowest BCUT2D eigenvalue weighted by Gasteiger charge is -2.27. The number of hydrogen-bond donors (Lipinski definition) is 1. The monoisotopic (exact) mass is 248 g/mol. The van der Waals surface area contributed by atoms with Crippen LogP contribution in [0.2, 0.25) is 0 Å². The van der Waals surface area contributed by atoms with Crippen molar-refractivity contribution >= 4 is 5.95 Å². The molecule has 1 saturated carbocycles. The summed E-state index contributed by atoms with van der Waals surface area (Å²) in [4.78, 5) is 11.0. The largest absolute Gasteiger partial charge is 0.344 e. The van der Waals surface area contributed by atoms with Crippen molar-refractivity contribution in [3.05, 3.63) is 18.0 Å². The molecule has 18 heavy (non-hydrogen) atoms. The van der Waals surface area contributed by atoms with E-state index in [0.29, 0.717) is 6.54 Å². The second kappa shape index (κ2) is 6.69. The fourth-order valence-corrected chi connectivity index (χ4v) is 2.68. The fraction of sp³-hybridized carbons (Fsp3) is 0.714. The Labute approximate surface area is 110 Å². The van der Waals surface area contributed by atoms with E-state index in [1.54, 1.807) is 0 Å². The molecule has 0 spiro atoms. The second-order valence-corrected chi connectivity index (χ2v) is 5.31. The molecule has 1 fully saturated rings. The number of aromatic nitrogens is 2. The third-order valence-corrected chi connectivity index (χ3v) is 3.72. The topological polar surface area (TPSA) is 55.0 Å². The third kappa shape index (κ3) is 3.67. The summed E-state index contributed by atoms with van der Waals surface area (Å²) in [5, 5.41) is 0. The van der Waals surface area contributed by atoms with E-state index in [1.165, 1.54) is 32.1 Å². The molecular formula is C14H24N4. The zero-order valence-corrected chi connectivity index (χ0v) is 11.3. The molecule has 0 unspecified atom stereocenters. The fourth-order valence-electron chi connectivity index (χ4n) is 2.68. The summed E-state index contributed by atoms with van der Waals surface area (Å²) in [6.07, 6.45) is 11.5. The number of nitrogens with two attached hydrogens (primary N) is 1. The summed E-state index contributed by atoms with van der Waals surface area (Å²) in [6, 6.07) is 0. The summed E-state index contributed by atoms with van der Waals surface area (Å²) in [5.74, 6) is 1.65. The molecule has 1 aliphatic rings. The van der Waals surface area contributed by atoms with E-state index in [2.05, 4.69) is 21.9 Å². The SMILES string of the molecule is CN(CC1CCCCC1)c1ncc(CCN)cn1. The number of hydrogen-bond acceptors (Lipinski definition) is 4. The van der Waals surface area contributed by atoms with Gasteiger partial charge in [0.2, 0.25) is 5.95 Å². The average molecular weight is 248 g/mol. The molecule has 0 aromatic carbocycles. The molecule has 0 amide bonds. The normalized spacial score (nSPS) is 16.8. The quantitative estimate of drug-likeness (QED) is 0.866. The molecule has 1 aromatic rings. The van der Waals surface area contributed by atoms with Gasteiger partial charge in [-0.1, -0.05) is 19.3 Å². The van der Waals surface area contributed by atoms with Gasteiger partial charge >= 0.3 is 0 Å². The highest BCUT2D eigenvalue weighted by Gasteiger charge is 2.16. The van der Waals surface area contributed by atoms with Crippen molar-refractivity contribution in [3.63, 3.8) is 0 Å². The zero-order chi connectivity index (χ0) is 12.8. The van der Waals surface area contributed by atoms with Gasteiger partial charge in [-0.15, -0.1) is 0 Å². The molecular weight excluding hydrogens is 224 g/mol. The van der Waals surface area contributed by atoms with E-state index in [1.807, 2.05) is 12.4 Å². The maximum Gasteiger partial charge on any atom is 0.224 e. The van der Waals surface area contributed by atoms with Crippen molar-refractivity contribution in [2.45, 2.75) is 38.5 Å². The van der Waals surface area contributed by atoms with Crippen LogP contribution in [0.15, 0.2) is 12.4 Å². The molecule has 1 heterocycles. The van der Waals surface area contributed by atoms with Crippen LogP contribution in [0.5, 0.6) is 0 Å². The smallest absolute Gasteiger partial charge is 0.224 e. The summed E-state index contributed by atoms with van der Waals surface area (Å²) < 4.78 is 0. The Hall–Kier alpha value is -1.16. The minimum absolute atomic E-state index is 0.653. The van der Waals surface area contributed by atoms with Crippen LogP contribution in [0.25, 0.3) is 0 Å². The van der Waals surface area contributed by atoms with Crippen LogP contribution < -0.4 is 10.6 Å². The van der Waals surface area contributed by atoms with Crippen molar-refractivity contribution in [1.82, 2.24) is 9.97 Å². The molecule has 1 aromatic heterocycles. The standard InChI is InChI=1S/C14H24N4/c1-18(11-12-5-3-2-4-6-12)14-16-9-13(7-8-15)10-17-14/h9-10,12H,2-8,11,15H2,1H3. The highest BCUT2D eigenvalue weighted by atomic mass is 15.2. The van der Waals surface area contributed by atoms with Gasteiger partial charge in [-0.05, 0) is 37.3 Å². The molecule has 4 heteroatoms. The van der Waals surface area contributed by atoms with E-state index in [9.17, 15) is 0 Å². The molecule has 100 valence electrons. The Kier molecular flexibility index (Phi) is 4.93. The molecule has 0 aliphatic heterocycles. The van der Waals surface area contributed by atoms with E-state index in [4.69, 9.17) is 5.73 Å². The van der Waals surface area contributed by atoms with Crippen LogP contribution >= 0.6 is 0 Å². The predicted octanol–water partition coefficient (Wildman–Crippen LogP) is 1.99. The Morgan fingerprint density at radius 2 is 1.89 bits per heavy atom. The molecule has 0 atom stereocenters. The van der Waals surface area contributed by atoms with Crippen molar-refractivity contribution in [2.75, 3.05) is 25.0 Å². The predicted molar refractivity (Wildman–Crippen MR) is 74.6 cm³/mol. The Bertz CT molecular complexity index is 343. The molecule has 0 radical (unpaired) electrons. The van der Waals surface area contributed by atoms with E-state index < -0.39 is 0 Å². The van der Waals surface area contributed by atoms with Gasteiger partial charge in [0, 0.05) is 26.0 Å². The zero-order valence-electron chi connectivity index (χ0n) is 11.3. The number of nitrogens with zero attached hydrogens (tertiary/aromatic N) is 3. The first-order chi connectivity index (χ1) is 8.79. The van der Waals surface area contributed by atoms with Crippen molar-refractivity contribution < 1.29 is 0 Å². The lowest BCUT2D eigenvalue weighted by atomic mass is 9.89. The Balaban J connectivity index is 1.89. The number of rotatable bonds is 5. The van der Waals surface area contributed by atoms with Crippen LogP contribution in [0.4, 0.5) is 5.95 Å². The van der Waals surface area contributed by atoms with Gasteiger partial charge in [0.05, 0.1) is 0 Å². The molecule has 0 bridgehead atoms. The number of anilines is 1.